The third kappa shape index (κ3) is 6.84. The maximum atomic E-state index is 12.5. The van der Waals surface area contributed by atoms with Crippen LogP contribution >= 0.6 is 11.6 Å². The first-order valence-electron chi connectivity index (χ1n) is 11.1. The Labute approximate surface area is 196 Å². The fourth-order valence-electron chi connectivity index (χ4n) is 3.44. The van der Waals surface area contributed by atoms with E-state index in [4.69, 9.17) is 16.3 Å². The first-order valence-corrected chi connectivity index (χ1v) is 11.5. The number of carbonyl (C=O) groups is 1. The van der Waals surface area contributed by atoms with Crippen LogP contribution < -0.4 is 4.74 Å². The monoisotopic (exact) mass is 450 g/mol. The summed E-state index contributed by atoms with van der Waals surface area (Å²) < 4.78 is 5.52. The summed E-state index contributed by atoms with van der Waals surface area (Å²) in [6.45, 7) is 8.03. The predicted octanol–water partition coefficient (Wildman–Crippen LogP) is 6.52. The molecule has 0 aromatic heterocycles. The van der Waals surface area contributed by atoms with Gasteiger partial charge in [-0.2, -0.15) is 0 Å². The largest absolute Gasteiger partial charge is 0.414 e. The fraction of sp³-hybridized carbons (Fsp3) is 0.296. The molecular formula is C27H31ClN2O2. The van der Waals surface area contributed by atoms with Crippen molar-refractivity contribution in [3.05, 3.63) is 88.9 Å². The van der Waals surface area contributed by atoms with Crippen molar-refractivity contribution >= 4 is 17.7 Å². The van der Waals surface area contributed by atoms with Crippen LogP contribution in [0.1, 0.15) is 25.0 Å². The molecule has 0 saturated heterocycles. The summed E-state index contributed by atoms with van der Waals surface area (Å²) in [6, 6.07) is 23.8. The number of halogens is 1. The molecule has 168 valence electrons. The van der Waals surface area contributed by atoms with Crippen LogP contribution in [0.25, 0.3) is 11.1 Å². The van der Waals surface area contributed by atoms with Gasteiger partial charge in [0.15, 0.2) is 0 Å². The van der Waals surface area contributed by atoms with E-state index in [9.17, 15) is 4.79 Å². The Bertz CT molecular complexity index is 982. The maximum absolute atomic E-state index is 12.5. The smallest absolute Gasteiger partial charge is 0.410 e. The quantitative estimate of drug-likeness (QED) is 0.372. The second-order valence-corrected chi connectivity index (χ2v) is 8.29. The summed E-state index contributed by atoms with van der Waals surface area (Å²) in [6.07, 6.45) is 0.425. The number of carbonyl (C=O) groups excluding carboxylic acids is 1. The number of rotatable bonds is 9. The number of ether oxygens (including phenoxy) is 1. The minimum atomic E-state index is -0.359. The van der Waals surface area contributed by atoms with Gasteiger partial charge in [0.05, 0.1) is 0 Å². The van der Waals surface area contributed by atoms with E-state index in [-0.39, 0.29) is 6.09 Å². The van der Waals surface area contributed by atoms with E-state index in [1.807, 2.05) is 48.5 Å². The normalized spacial score (nSPS) is 10.9. The van der Waals surface area contributed by atoms with E-state index in [0.29, 0.717) is 17.3 Å². The van der Waals surface area contributed by atoms with Crippen molar-refractivity contribution in [2.24, 2.45) is 0 Å². The lowest BCUT2D eigenvalue weighted by Gasteiger charge is -2.19. The van der Waals surface area contributed by atoms with Crippen molar-refractivity contribution in [1.29, 1.82) is 0 Å². The van der Waals surface area contributed by atoms with Crippen LogP contribution in [0, 0.1) is 0 Å². The number of likely N-dealkylation sites (N-methyl/N-ethyl adjacent to an activating group) is 1. The molecule has 0 aliphatic heterocycles. The van der Waals surface area contributed by atoms with Gasteiger partial charge in [0.1, 0.15) is 5.75 Å². The van der Waals surface area contributed by atoms with E-state index in [0.717, 1.165) is 37.2 Å². The van der Waals surface area contributed by atoms with Crippen molar-refractivity contribution in [2.45, 2.75) is 26.8 Å². The predicted molar refractivity (Wildman–Crippen MR) is 132 cm³/mol. The summed E-state index contributed by atoms with van der Waals surface area (Å²) in [5.74, 6) is 0.528. The Kier molecular flexibility index (Phi) is 8.72. The number of benzene rings is 3. The summed E-state index contributed by atoms with van der Waals surface area (Å²) in [7, 11) is 1.76. The number of amides is 1. The molecule has 0 heterocycles. The average Bonchev–Trinajstić information content (AvgIpc) is 2.82. The second-order valence-electron chi connectivity index (χ2n) is 7.85. The highest BCUT2D eigenvalue weighted by molar-refractivity contribution is 6.30. The van der Waals surface area contributed by atoms with Gasteiger partial charge >= 0.3 is 6.09 Å². The van der Waals surface area contributed by atoms with Gasteiger partial charge in [-0.15, -0.1) is 0 Å². The molecule has 0 aliphatic rings. The molecule has 1 amide bonds. The van der Waals surface area contributed by atoms with Gasteiger partial charge in [-0.05, 0) is 66.0 Å². The molecule has 0 aliphatic carbocycles. The molecular weight excluding hydrogens is 420 g/mol. The van der Waals surface area contributed by atoms with Gasteiger partial charge in [-0.3, -0.25) is 4.90 Å². The Hall–Kier alpha value is -2.82. The highest BCUT2D eigenvalue weighted by atomic mass is 35.5. The van der Waals surface area contributed by atoms with Gasteiger partial charge in [-0.25, -0.2) is 4.79 Å². The standard InChI is InChI=1S/C27H31ClN2O2/c1-4-30(5-2)20-22-8-6-21(7-9-22)18-19-29(3)27(31)32-26-16-12-24(13-17-26)23-10-14-25(28)15-11-23/h6-17H,4-5,18-20H2,1-3H3. The van der Waals surface area contributed by atoms with Gasteiger partial charge < -0.3 is 9.64 Å². The summed E-state index contributed by atoms with van der Waals surface area (Å²) in [5, 5.41) is 0.706. The van der Waals surface area contributed by atoms with Crippen LogP contribution in [0.2, 0.25) is 5.02 Å². The Morgan fingerprint density at radius 2 is 1.34 bits per heavy atom. The molecule has 0 bridgehead atoms. The highest BCUT2D eigenvalue weighted by Gasteiger charge is 2.12. The second kappa shape index (κ2) is 11.7. The summed E-state index contributed by atoms with van der Waals surface area (Å²) >= 11 is 5.95. The molecule has 0 fully saturated rings. The lowest BCUT2D eigenvalue weighted by atomic mass is 10.1. The van der Waals surface area contributed by atoms with Crippen LogP contribution in [0.5, 0.6) is 5.75 Å². The summed E-state index contributed by atoms with van der Waals surface area (Å²) in [4.78, 5) is 16.4. The van der Waals surface area contributed by atoms with Crippen LogP contribution in [0.4, 0.5) is 4.79 Å². The zero-order chi connectivity index (χ0) is 22.9. The van der Waals surface area contributed by atoms with Crippen molar-refractivity contribution in [3.8, 4) is 16.9 Å². The fourth-order valence-corrected chi connectivity index (χ4v) is 3.57. The minimum Gasteiger partial charge on any atom is -0.410 e. The lowest BCUT2D eigenvalue weighted by molar-refractivity contribution is 0.163. The van der Waals surface area contributed by atoms with Gasteiger partial charge in [0.25, 0.3) is 0 Å². The first kappa shape index (κ1) is 23.8. The number of nitrogens with zero attached hydrogens (tertiary/aromatic N) is 2. The van der Waals surface area contributed by atoms with E-state index in [1.54, 1.807) is 11.9 Å². The molecule has 0 unspecified atom stereocenters. The van der Waals surface area contributed by atoms with E-state index >= 15 is 0 Å². The average molecular weight is 451 g/mol. The van der Waals surface area contributed by atoms with Crippen molar-refractivity contribution in [3.63, 3.8) is 0 Å². The molecule has 0 radical (unpaired) electrons. The van der Waals surface area contributed by atoms with E-state index in [1.165, 1.54) is 11.1 Å². The molecule has 0 N–H and O–H groups in total. The Morgan fingerprint density at radius 1 is 0.812 bits per heavy atom. The molecule has 4 nitrogen and oxygen atoms in total. The SMILES string of the molecule is CCN(CC)Cc1ccc(CCN(C)C(=O)Oc2ccc(-c3ccc(Cl)cc3)cc2)cc1. The number of hydrogen-bond donors (Lipinski definition) is 0. The van der Waals surface area contributed by atoms with Gasteiger partial charge in [0, 0.05) is 25.2 Å². The molecule has 3 rings (SSSR count). The minimum absolute atomic E-state index is 0.359. The molecule has 3 aromatic rings. The molecule has 0 spiro atoms. The summed E-state index contributed by atoms with van der Waals surface area (Å²) in [5.41, 5.74) is 4.62. The molecule has 32 heavy (non-hydrogen) atoms. The maximum Gasteiger partial charge on any atom is 0.414 e. The molecule has 3 aromatic carbocycles. The highest BCUT2D eigenvalue weighted by Crippen LogP contribution is 2.24. The lowest BCUT2D eigenvalue weighted by Crippen LogP contribution is -2.31. The van der Waals surface area contributed by atoms with Crippen molar-refractivity contribution < 1.29 is 9.53 Å². The van der Waals surface area contributed by atoms with Crippen LogP contribution in [0.15, 0.2) is 72.8 Å². The molecule has 0 saturated carbocycles. The molecule has 5 heteroatoms. The van der Waals surface area contributed by atoms with E-state index < -0.39 is 0 Å². The van der Waals surface area contributed by atoms with Crippen molar-refractivity contribution in [2.75, 3.05) is 26.7 Å². The Morgan fingerprint density at radius 3 is 1.91 bits per heavy atom. The van der Waals surface area contributed by atoms with Crippen LogP contribution in [-0.2, 0) is 13.0 Å². The zero-order valence-corrected chi connectivity index (χ0v) is 19.8. The zero-order valence-electron chi connectivity index (χ0n) is 19.1. The van der Waals surface area contributed by atoms with Crippen LogP contribution in [0.3, 0.4) is 0 Å². The van der Waals surface area contributed by atoms with Gasteiger partial charge in [-0.1, -0.05) is 74.0 Å². The van der Waals surface area contributed by atoms with E-state index in [2.05, 4.69) is 43.0 Å². The van der Waals surface area contributed by atoms with Gasteiger partial charge in [0.2, 0.25) is 0 Å². The third-order valence-corrected chi connectivity index (χ3v) is 5.86. The topological polar surface area (TPSA) is 32.8 Å². The Balaban J connectivity index is 1.49. The van der Waals surface area contributed by atoms with Crippen LogP contribution in [-0.4, -0.2) is 42.6 Å². The third-order valence-electron chi connectivity index (χ3n) is 5.61. The number of hydrogen-bond acceptors (Lipinski definition) is 3. The van der Waals surface area contributed by atoms with Crippen molar-refractivity contribution in [1.82, 2.24) is 9.80 Å². The molecule has 0 atom stereocenters. The first-order chi connectivity index (χ1) is 15.5.